The highest BCUT2D eigenvalue weighted by molar-refractivity contribution is 6.39. The van der Waals surface area contributed by atoms with Gasteiger partial charge in [0.2, 0.25) is 0 Å². The van der Waals surface area contributed by atoms with Crippen molar-refractivity contribution < 1.29 is 0 Å². The summed E-state index contributed by atoms with van der Waals surface area (Å²) >= 11 is 12.4. The average molecular weight is 300 g/mol. The fourth-order valence-electron chi connectivity index (χ4n) is 3.06. The van der Waals surface area contributed by atoms with Gasteiger partial charge in [0.05, 0.1) is 15.7 Å². The van der Waals surface area contributed by atoms with Crippen LogP contribution in [0.5, 0.6) is 0 Å². The van der Waals surface area contributed by atoms with E-state index < -0.39 is 0 Å². The van der Waals surface area contributed by atoms with Gasteiger partial charge in [-0.2, -0.15) is 0 Å². The van der Waals surface area contributed by atoms with E-state index in [9.17, 15) is 0 Å². The Bertz CT molecular complexity index is 385. The van der Waals surface area contributed by atoms with Crippen molar-refractivity contribution in [1.29, 1.82) is 0 Å². The van der Waals surface area contributed by atoms with Crippen molar-refractivity contribution in [3.8, 4) is 0 Å². The zero-order valence-electron chi connectivity index (χ0n) is 11.6. The maximum Gasteiger partial charge on any atom is 0.0721 e. The van der Waals surface area contributed by atoms with Crippen molar-refractivity contribution in [2.24, 2.45) is 5.92 Å². The molecule has 0 aromatic heterocycles. The highest BCUT2D eigenvalue weighted by atomic mass is 35.5. The van der Waals surface area contributed by atoms with Gasteiger partial charge in [0.1, 0.15) is 0 Å². The Hall–Kier alpha value is -0.400. The third-order valence-electron chi connectivity index (χ3n) is 4.10. The second kappa shape index (κ2) is 7.40. The van der Waals surface area contributed by atoms with Gasteiger partial charge in [-0.05, 0) is 37.3 Å². The number of benzene rings is 1. The zero-order valence-corrected chi connectivity index (χ0v) is 13.1. The Labute approximate surface area is 126 Å². The normalized spacial score (nSPS) is 23.9. The number of hydrogen-bond donors (Lipinski definition) is 1. The summed E-state index contributed by atoms with van der Waals surface area (Å²) in [4.78, 5) is 0. The second-order valence-corrected chi connectivity index (χ2v) is 6.42. The van der Waals surface area contributed by atoms with E-state index in [0.29, 0.717) is 6.04 Å². The first kappa shape index (κ1) is 15.0. The predicted octanol–water partition coefficient (Wildman–Crippen LogP) is 6.15. The van der Waals surface area contributed by atoms with E-state index in [1.54, 1.807) is 0 Å². The molecule has 106 valence electrons. The molecule has 0 spiro atoms. The molecule has 1 saturated carbocycles. The smallest absolute Gasteiger partial charge is 0.0721 e. The number of para-hydroxylation sites is 1. The van der Waals surface area contributed by atoms with Crippen molar-refractivity contribution in [3.63, 3.8) is 0 Å². The molecule has 1 aliphatic carbocycles. The molecule has 0 saturated heterocycles. The SMILES string of the molecule is CCCC1CCCC(Nc2c(Cl)cccc2Cl)CC1. The maximum atomic E-state index is 6.22. The third-order valence-corrected chi connectivity index (χ3v) is 4.73. The molecule has 0 amide bonds. The fourth-order valence-corrected chi connectivity index (χ4v) is 3.57. The van der Waals surface area contributed by atoms with Crippen LogP contribution < -0.4 is 5.32 Å². The predicted molar refractivity (Wildman–Crippen MR) is 85.4 cm³/mol. The summed E-state index contributed by atoms with van der Waals surface area (Å²) in [6, 6.07) is 6.19. The molecule has 0 radical (unpaired) electrons. The van der Waals surface area contributed by atoms with Crippen LogP contribution in [-0.4, -0.2) is 6.04 Å². The lowest BCUT2D eigenvalue weighted by Crippen LogP contribution is -2.19. The summed E-state index contributed by atoms with van der Waals surface area (Å²) in [5.41, 5.74) is 0.907. The molecular weight excluding hydrogens is 277 g/mol. The summed E-state index contributed by atoms with van der Waals surface area (Å²) in [6.45, 7) is 2.28. The Balaban J connectivity index is 1.96. The minimum Gasteiger partial charge on any atom is -0.380 e. The highest BCUT2D eigenvalue weighted by Gasteiger charge is 2.19. The quantitative estimate of drug-likeness (QED) is 0.657. The van der Waals surface area contributed by atoms with Gasteiger partial charge < -0.3 is 5.32 Å². The molecule has 2 unspecified atom stereocenters. The third kappa shape index (κ3) is 4.29. The van der Waals surface area contributed by atoms with Gasteiger partial charge in [-0.25, -0.2) is 0 Å². The maximum absolute atomic E-state index is 6.22. The first-order valence-corrected chi connectivity index (χ1v) is 8.16. The summed E-state index contributed by atoms with van der Waals surface area (Å²) in [5.74, 6) is 0.915. The van der Waals surface area contributed by atoms with E-state index in [-0.39, 0.29) is 0 Å². The van der Waals surface area contributed by atoms with E-state index in [2.05, 4.69) is 12.2 Å². The van der Waals surface area contributed by atoms with Gasteiger partial charge in [-0.3, -0.25) is 0 Å². The lowest BCUT2D eigenvalue weighted by atomic mass is 9.95. The lowest BCUT2D eigenvalue weighted by Gasteiger charge is -2.20. The minimum absolute atomic E-state index is 0.513. The molecule has 2 rings (SSSR count). The molecule has 1 aliphatic rings. The van der Waals surface area contributed by atoms with E-state index in [1.807, 2.05) is 18.2 Å². The van der Waals surface area contributed by atoms with E-state index in [0.717, 1.165) is 21.7 Å². The molecule has 0 heterocycles. The van der Waals surface area contributed by atoms with Crippen molar-refractivity contribution >= 4 is 28.9 Å². The fraction of sp³-hybridized carbons (Fsp3) is 0.625. The van der Waals surface area contributed by atoms with Crippen LogP contribution in [0.1, 0.15) is 51.9 Å². The Morgan fingerprint density at radius 2 is 1.84 bits per heavy atom. The van der Waals surface area contributed by atoms with Crippen molar-refractivity contribution in [2.45, 2.75) is 57.9 Å². The van der Waals surface area contributed by atoms with Crippen LogP contribution in [0.3, 0.4) is 0 Å². The number of rotatable bonds is 4. The topological polar surface area (TPSA) is 12.0 Å². The Kier molecular flexibility index (Phi) is 5.84. The molecule has 1 aromatic rings. The Morgan fingerprint density at radius 3 is 2.53 bits per heavy atom. The van der Waals surface area contributed by atoms with E-state index in [1.165, 1.54) is 44.9 Å². The highest BCUT2D eigenvalue weighted by Crippen LogP contribution is 2.33. The van der Waals surface area contributed by atoms with Crippen LogP contribution in [-0.2, 0) is 0 Å². The first-order chi connectivity index (χ1) is 9.20. The summed E-state index contributed by atoms with van der Waals surface area (Å²) in [6.07, 6.45) is 9.15. The zero-order chi connectivity index (χ0) is 13.7. The molecule has 19 heavy (non-hydrogen) atoms. The molecule has 0 aliphatic heterocycles. The summed E-state index contributed by atoms with van der Waals surface area (Å²) in [5, 5.41) is 5.00. The van der Waals surface area contributed by atoms with Gasteiger partial charge in [-0.15, -0.1) is 0 Å². The average Bonchev–Trinajstić information content (AvgIpc) is 2.60. The first-order valence-electron chi connectivity index (χ1n) is 7.41. The number of anilines is 1. The lowest BCUT2D eigenvalue weighted by molar-refractivity contribution is 0.422. The van der Waals surface area contributed by atoms with Crippen LogP contribution in [0.25, 0.3) is 0 Å². The van der Waals surface area contributed by atoms with E-state index >= 15 is 0 Å². The van der Waals surface area contributed by atoms with Crippen LogP contribution >= 0.6 is 23.2 Å². The molecule has 1 nitrogen and oxygen atoms in total. The molecular formula is C16H23Cl2N. The van der Waals surface area contributed by atoms with Crippen LogP contribution in [0.2, 0.25) is 10.0 Å². The Morgan fingerprint density at radius 1 is 1.11 bits per heavy atom. The monoisotopic (exact) mass is 299 g/mol. The number of nitrogens with one attached hydrogen (secondary N) is 1. The van der Waals surface area contributed by atoms with Gasteiger partial charge in [0.25, 0.3) is 0 Å². The molecule has 0 bridgehead atoms. The molecule has 1 N–H and O–H groups in total. The largest absolute Gasteiger partial charge is 0.380 e. The van der Waals surface area contributed by atoms with Crippen molar-refractivity contribution in [2.75, 3.05) is 5.32 Å². The van der Waals surface area contributed by atoms with Gasteiger partial charge in [-0.1, -0.05) is 61.9 Å². The van der Waals surface area contributed by atoms with Gasteiger partial charge >= 0.3 is 0 Å². The number of halogens is 2. The number of hydrogen-bond acceptors (Lipinski definition) is 1. The van der Waals surface area contributed by atoms with Crippen LogP contribution in [0.15, 0.2) is 18.2 Å². The van der Waals surface area contributed by atoms with Crippen molar-refractivity contribution in [3.05, 3.63) is 28.2 Å². The molecule has 2 atom stereocenters. The molecule has 1 fully saturated rings. The molecule has 1 aromatic carbocycles. The van der Waals surface area contributed by atoms with Crippen LogP contribution in [0.4, 0.5) is 5.69 Å². The minimum atomic E-state index is 0.513. The van der Waals surface area contributed by atoms with Gasteiger partial charge in [0.15, 0.2) is 0 Å². The van der Waals surface area contributed by atoms with E-state index in [4.69, 9.17) is 23.2 Å². The summed E-state index contributed by atoms with van der Waals surface area (Å²) < 4.78 is 0. The van der Waals surface area contributed by atoms with Crippen molar-refractivity contribution in [1.82, 2.24) is 0 Å². The second-order valence-electron chi connectivity index (χ2n) is 5.60. The molecule has 3 heteroatoms. The van der Waals surface area contributed by atoms with Gasteiger partial charge in [0, 0.05) is 6.04 Å². The summed E-state index contributed by atoms with van der Waals surface area (Å²) in [7, 11) is 0. The van der Waals surface area contributed by atoms with Crippen LogP contribution in [0, 0.1) is 5.92 Å². The standard InChI is InChI=1S/C16H23Cl2N/c1-2-5-12-6-3-7-13(11-10-12)19-16-14(17)8-4-9-15(16)18/h4,8-9,12-13,19H,2-3,5-7,10-11H2,1H3.